The van der Waals surface area contributed by atoms with Gasteiger partial charge in [-0.1, -0.05) is 11.8 Å². The van der Waals surface area contributed by atoms with Gasteiger partial charge in [-0.25, -0.2) is 0 Å². The molecule has 3 N–H and O–H groups in total. The van der Waals surface area contributed by atoms with E-state index in [4.69, 9.17) is 10.8 Å². The number of rotatable bonds is 8. The van der Waals surface area contributed by atoms with Crippen molar-refractivity contribution in [1.82, 2.24) is 14.8 Å². The highest BCUT2D eigenvalue weighted by Gasteiger charge is 2.36. The lowest BCUT2D eigenvalue weighted by molar-refractivity contribution is 0.200. The molecule has 3 rings (SSSR count). The van der Waals surface area contributed by atoms with Crippen LogP contribution in [0.15, 0.2) is 5.16 Å². The predicted molar refractivity (Wildman–Crippen MR) is 79.9 cm³/mol. The minimum atomic E-state index is -0.454. The zero-order chi connectivity index (χ0) is 14.2. The Morgan fingerprint density at radius 2 is 2.10 bits per heavy atom. The van der Waals surface area contributed by atoms with Gasteiger partial charge in [0.15, 0.2) is 5.16 Å². The number of nitrogens with two attached hydrogens (primary N) is 1. The fourth-order valence-electron chi connectivity index (χ4n) is 2.40. The van der Waals surface area contributed by atoms with Crippen LogP contribution < -0.4 is 5.73 Å². The van der Waals surface area contributed by atoms with Crippen molar-refractivity contribution >= 4 is 11.8 Å². The largest absolute Gasteiger partial charge is 0.394 e. The maximum Gasteiger partial charge on any atom is 0.191 e. The SMILES string of the molecule is CC(N)(CO)CCCSc1nnc(C2CC2)n1C1CC1. The number of hydrogen-bond acceptors (Lipinski definition) is 5. The molecular weight excluding hydrogens is 272 g/mol. The van der Waals surface area contributed by atoms with Gasteiger partial charge in [0, 0.05) is 23.3 Å². The average Bonchev–Trinajstić information content (AvgIpc) is 3.33. The molecule has 0 spiro atoms. The molecule has 2 aliphatic carbocycles. The van der Waals surface area contributed by atoms with Gasteiger partial charge in [0.25, 0.3) is 0 Å². The van der Waals surface area contributed by atoms with Crippen LogP contribution in [0.4, 0.5) is 0 Å². The number of aromatic nitrogens is 3. The van der Waals surface area contributed by atoms with Crippen molar-refractivity contribution in [1.29, 1.82) is 0 Å². The molecule has 0 aliphatic heterocycles. The van der Waals surface area contributed by atoms with Crippen molar-refractivity contribution in [3.05, 3.63) is 5.82 Å². The lowest BCUT2D eigenvalue weighted by Crippen LogP contribution is -2.40. The third kappa shape index (κ3) is 3.35. The Hall–Kier alpha value is -0.590. The van der Waals surface area contributed by atoms with Crippen molar-refractivity contribution in [3.8, 4) is 0 Å². The highest BCUT2D eigenvalue weighted by atomic mass is 32.2. The molecule has 1 atom stereocenters. The number of hydrogen-bond donors (Lipinski definition) is 2. The minimum absolute atomic E-state index is 0.0434. The lowest BCUT2D eigenvalue weighted by Gasteiger charge is -2.21. The molecule has 0 amide bonds. The molecule has 5 nitrogen and oxygen atoms in total. The second-order valence-electron chi connectivity index (χ2n) is 6.48. The average molecular weight is 296 g/mol. The number of nitrogens with zero attached hydrogens (tertiary/aromatic N) is 3. The van der Waals surface area contributed by atoms with E-state index in [0.717, 1.165) is 23.8 Å². The smallest absolute Gasteiger partial charge is 0.191 e. The van der Waals surface area contributed by atoms with E-state index in [1.165, 1.54) is 31.5 Å². The summed E-state index contributed by atoms with van der Waals surface area (Å²) in [7, 11) is 0. The van der Waals surface area contributed by atoms with E-state index in [0.29, 0.717) is 12.0 Å². The van der Waals surface area contributed by atoms with Gasteiger partial charge in [-0.15, -0.1) is 10.2 Å². The van der Waals surface area contributed by atoms with E-state index in [1.807, 2.05) is 6.92 Å². The second-order valence-corrected chi connectivity index (χ2v) is 7.54. The molecule has 2 saturated carbocycles. The van der Waals surface area contributed by atoms with Gasteiger partial charge >= 0.3 is 0 Å². The standard InChI is InChI=1S/C14H24N4OS/c1-14(15,9-19)7-2-8-20-13-17-16-12(10-3-4-10)18(13)11-5-6-11/h10-11,19H,2-9,15H2,1H3. The maximum atomic E-state index is 9.15. The Morgan fingerprint density at radius 3 is 2.70 bits per heavy atom. The monoisotopic (exact) mass is 296 g/mol. The van der Waals surface area contributed by atoms with Gasteiger partial charge in [-0.2, -0.15) is 0 Å². The summed E-state index contributed by atoms with van der Waals surface area (Å²) >= 11 is 1.78. The van der Waals surface area contributed by atoms with Crippen LogP contribution >= 0.6 is 11.8 Å². The van der Waals surface area contributed by atoms with Crippen LogP contribution in [0.5, 0.6) is 0 Å². The molecule has 0 saturated heterocycles. The Kier molecular flexibility index (Phi) is 4.06. The second kappa shape index (κ2) is 5.66. The molecular formula is C14H24N4OS. The molecule has 1 unspecified atom stereocenters. The quantitative estimate of drug-likeness (QED) is 0.567. The van der Waals surface area contributed by atoms with Crippen molar-refractivity contribution in [2.24, 2.45) is 5.73 Å². The first-order valence-corrected chi connectivity index (χ1v) is 8.56. The zero-order valence-corrected chi connectivity index (χ0v) is 12.9. The van der Waals surface area contributed by atoms with Crippen molar-refractivity contribution < 1.29 is 5.11 Å². The summed E-state index contributed by atoms with van der Waals surface area (Å²) < 4.78 is 2.38. The first kappa shape index (κ1) is 14.4. The summed E-state index contributed by atoms with van der Waals surface area (Å²) in [5.41, 5.74) is 5.49. The van der Waals surface area contributed by atoms with E-state index in [2.05, 4.69) is 14.8 Å². The summed E-state index contributed by atoms with van der Waals surface area (Å²) in [5, 5.41) is 19.0. The fraction of sp³-hybridized carbons (Fsp3) is 0.857. The van der Waals surface area contributed by atoms with Crippen molar-refractivity contribution in [2.45, 2.75) is 68.1 Å². The fourth-order valence-corrected chi connectivity index (χ4v) is 3.35. The molecule has 20 heavy (non-hydrogen) atoms. The molecule has 2 fully saturated rings. The summed E-state index contributed by atoms with van der Waals surface area (Å²) in [6.45, 7) is 1.94. The number of thioether (sulfide) groups is 1. The van der Waals surface area contributed by atoms with Gasteiger partial charge in [0.1, 0.15) is 5.82 Å². The Bertz CT molecular complexity index is 466. The van der Waals surface area contributed by atoms with E-state index in [9.17, 15) is 0 Å². The number of aliphatic hydroxyl groups excluding tert-OH is 1. The maximum absolute atomic E-state index is 9.15. The van der Waals surface area contributed by atoms with Crippen LogP contribution in [-0.4, -0.2) is 37.8 Å². The summed E-state index contributed by atoms with van der Waals surface area (Å²) in [6, 6.07) is 0.653. The topological polar surface area (TPSA) is 77.0 Å². The normalized spacial score (nSPS) is 21.9. The Balaban J connectivity index is 1.55. The van der Waals surface area contributed by atoms with Gasteiger partial charge in [0.05, 0.1) is 6.61 Å². The molecule has 0 radical (unpaired) electrons. The van der Waals surface area contributed by atoms with Crippen LogP contribution in [-0.2, 0) is 0 Å². The van der Waals surface area contributed by atoms with E-state index in [1.54, 1.807) is 11.8 Å². The summed E-state index contributed by atoms with van der Waals surface area (Å²) in [4.78, 5) is 0. The molecule has 1 aromatic rings. The van der Waals surface area contributed by atoms with Crippen LogP contribution in [0.1, 0.15) is 63.2 Å². The Labute approximate surface area is 124 Å². The summed E-state index contributed by atoms with van der Waals surface area (Å²) in [5.74, 6) is 2.87. The first-order valence-electron chi connectivity index (χ1n) is 7.58. The lowest BCUT2D eigenvalue weighted by atomic mass is 9.99. The summed E-state index contributed by atoms with van der Waals surface area (Å²) in [6.07, 6.45) is 6.93. The molecule has 2 aliphatic rings. The van der Waals surface area contributed by atoms with Crippen LogP contribution in [0.25, 0.3) is 0 Å². The number of aliphatic hydroxyl groups is 1. The highest BCUT2D eigenvalue weighted by Crippen LogP contribution is 2.46. The van der Waals surface area contributed by atoms with Gasteiger partial charge in [-0.05, 0) is 45.4 Å². The van der Waals surface area contributed by atoms with Gasteiger partial charge in [-0.3, -0.25) is 0 Å². The first-order chi connectivity index (χ1) is 9.61. The third-order valence-electron chi connectivity index (χ3n) is 4.03. The van der Waals surface area contributed by atoms with E-state index < -0.39 is 5.54 Å². The molecule has 1 heterocycles. The third-order valence-corrected chi connectivity index (χ3v) is 5.06. The predicted octanol–water partition coefficient (Wildman–Crippen LogP) is 2.07. The molecule has 1 aromatic heterocycles. The van der Waals surface area contributed by atoms with Gasteiger partial charge in [0.2, 0.25) is 0 Å². The molecule has 6 heteroatoms. The van der Waals surface area contributed by atoms with Gasteiger partial charge < -0.3 is 15.4 Å². The molecule has 0 bridgehead atoms. The van der Waals surface area contributed by atoms with Crippen LogP contribution in [0.3, 0.4) is 0 Å². The van der Waals surface area contributed by atoms with Crippen LogP contribution in [0.2, 0.25) is 0 Å². The highest BCUT2D eigenvalue weighted by molar-refractivity contribution is 7.99. The van der Waals surface area contributed by atoms with Crippen LogP contribution in [0, 0.1) is 0 Å². The zero-order valence-electron chi connectivity index (χ0n) is 12.1. The Morgan fingerprint density at radius 1 is 1.35 bits per heavy atom. The van der Waals surface area contributed by atoms with E-state index in [-0.39, 0.29) is 6.61 Å². The van der Waals surface area contributed by atoms with Crippen molar-refractivity contribution in [3.63, 3.8) is 0 Å². The molecule has 112 valence electrons. The van der Waals surface area contributed by atoms with E-state index >= 15 is 0 Å². The molecule has 0 aromatic carbocycles. The van der Waals surface area contributed by atoms with Crippen molar-refractivity contribution in [2.75, 3.05) is 12.4 Å². The minimum Gasteiger partial charge on any atom is -0.394 e.